The van der Waals surface area contributed by atoms with Gasteiger partial charge in [0.05, 0.1) is 23.5 Å². The minimum Gasteiger partial charge on any atom is -0.383 e. The van der Waals surface area contributed by atoms with Crippen LogP contribution in [0.25, 0.3) is 22.5 Å². The highest BCUT2D eigenvalue weighted by atomic mass is 16.5. The van der Waals surface area contributed by atoms with Gasteiger partial charge in [0.25, 0.3) is 0 Å². The van der Waals surface area contributed by atoms with Crippen LogP contribution in [0.3, 0.4) is 0 Å². The maximum Gasteiger partial charge on any atom is 0.225 e. The average Bonchev–Trinajstić information content (AvgIpc) is 3.44. The zero-order valence-electron chi connectivity index (χ0n) is 21.0. The van der Waals surface area contributed by atoms with E-state index in [1.807, 2.05) is 36.4 Å². The average molecular weight is 487 g/mol. The fourth-order valence-corrected chi connectivity index (χ4v) is 4.45. The van der Waals surface area contributed by atoms with Crippen LogP contribution in [0.5, 0.6) is 0 Å². The number of aromatic amines is 1. The zero-order valence-corrected chi connectivity index (χ0v) is 21.0. The van der Waals surface area contributed by atoms with E-state index >= 15 is 0 Å². The van der Waals surface area contributed by atoms with E-state index in [0.717, 1.165) is 60.7 Å². The molecule has 1 aliphatic carbocycles. The molecule has 9 nitrogen and oxygen atoms in total. The van der Waals surface area contributed by atoms with Crippen LogP contribution in [0.15, 0.2) is 47.0 Å². The Kier molecular flexibility index (Phi) is 7.27. The first-order chi connectivity index (χ1) is 17.6. The molecule has 3 aromatic heterocycles. The lowest BCUT2D eigenvalue weighted by atomic mass is 10.1. The van der Waals surface area contributed by atoms with E-state index in [9.17, 15) is 0 Å². The maximum atomic E-state index is 6.50. The Morgan fingerprint density at radius 1 is 1.08 bits per heavy atom. The third-order valence-corrected chi connectivity index (χ3v) is 6.71. The molecule has 3 heterocycles. The number of aromatic nitrogens is 5. The van der Waals surface area contributed by atoms with Crippen molar-refractivity contribution in [2.75, 3.05) is 30.7 Å². The Morgan fingerprint density at radius 3 is 2.64 bits per heavy atom. The molecule has 0 bridgehead atoms. The predicted octanol–water partition coefficient (Wildman–Crippen LogP) is 4.87. The number of rotatable bonds is 12. The van der Waals surface area contributed by atoms with Gasteiger partial charge in [-0.25, -0.2) is 4.98 Å². The van der Waals surface area contributed by atoms with Gasteiger partial charge in [0.2, 0.25) is 5.95 Å². The highest BCUT2D eigenvalue weighted by molar-refractivity contribution is 5.74. The van der Waals surface area contributed by atoms with E-state index in [1.54, 1.807) is 0 Å². The fourth-order valence-electron chi connectivity index (χ4n) is 4.45. The van der Waals surface area contributed by atoms with E-state index in [2.05, 4.69) is 50.5 Å². The third-order valence-electron chi connectivity index (χ3n) is 6.71. The van der Waals surface area contributed by atoms with E-state index in [1.165, 1.54) is 18.5 Å². The zero-order chi connectivity index (χ0) is 24.9. The second-order valence-electron chi connectivity index (χ2n) is 9.27. The Labute approximate surface area is 211 Å². The number of nitrogens with zero attached hydrogens (tertiary/aromatic N) is 5. The van der Waals surface area contributed by atoms with E-state index in [0.29, 0.717) is 30.0 Å². The summed E-state index contributed by atoms with van der Waals surface area (Å²) in [6.07, 6.45) is 4.19. The third kappa shape index (κ3) is 5.57. The molecule has 0 saturated heterocycles. The minimum absolute atomic E-state index is 0.408. The van der Waals surface area contributed by atoms with Crippen LogP contribution in [0.1, 0.15) is 56.2 Å². The molecular formula is C27H34N8O. The highest BCUT2D eigenvalue weighted by Crippen LogP contribution is 2.40. The summed E-state index contributed by atoms with van der Waals surface area (Å²) in [6, 6.07) is 14.0. The number of benzene rings is 1. The normalized spacial score (nSPS) is 13.4. The van der Waals surface area contributed by atoms with Gasteiger partial charge in [0.15, 0.2) is 5.76 Å². The van der Waals surface area contributed by atoms with Crippen molar-refractivity contribution < 1.29 is 4.52 Å². The summed E-state index contributed by atoms with van der Waals surface area (Å²) in [7, 11) is 0. The lowest BCUT2D eigenvalue weighted by Gasteiger charge is -2.18. The molecule has 9 heteroatoms. The lowest BCUT2D eigenvalue weighted by Crippen LogP contribution is -2.24. The first-order valence-electron chi connectivity index (χ1n) is 12.8. The van der Waals surface area contributed by atoms with Crippen molar-refractivity contribution in [3.05, 3.63) is 59.6 Å². The summed E-state index contributed by atoms with van der Waals surface area (Å²) in [5.41, 5.74) is 12.0. The van der Waals surface area contributed by atoms with Gasteiger partial charge in [-0.1, -0.05) is 49.3 Å². The van der Waals surface area contributed by atoms with Crippen LogP contribution in [0, 0.1) is 0 Å². The quantitative estimate of drug-likeness (QED) is 0.259. The summed E-state index contributed by atoms with van der Waals surface area (Å²) < 4.78 is 5.52. The molecule has 0 aliphatic heterocycles. The van der Waals surface area contributed by atoms with Crippen LogP contribution in [-0.2, 0) is 13.0 Å². The Hall–Kier alpha value is -3.72. The van der Waals surface area contributed by atoms with Crippen LogP contribution >= 0.6 is 0 Å². The second-order valence-corrected chi connectivity index (χ2v) is 9.27. The van der Waals surface area contributed by atoms with Crippen LogP contribution in [-0.4, -0.2) is 49.9 Å². The van der Waals surface area contributed by atoms with Gasteiger partial charge in [-0.15, -0.1) is 0 Å². The largest absolute Gasteiger partial charge is 0.383 e. The Morgan fingerprint density at radius 2 is 1.89 bits per heavy atom. The van der Waals surface area contributed by atoms with Gasteiger partial charge in [-0.3, -0.25) is 5.10 Å². The van der Waals surface area contributed by atoms with Crippen molar-refractivity contribution in [3.8, 4) is 22.5 Å². The van der Waals surface area contributed by atoms with Crippen LogP contribution in [0.2, 0.25) is 0 Å². The van der Waals surface area contributed by atoms with Gasteiger partial charge >= 0.3 is 0 Å². The van der Waals surface area contributed by atoms with Crippen molar-refractivity contribution in [1.82, 2.24) is 30.2 Å². The summed E-state index contributed by atoms with van der Waals surface area (Å²) in [5, 5.41) is 15.2. The first-order valence-corrected chi connectivity index (χ1v) is 12.8. The number of nitrogens with two attached hydrogens (primary N) is 1. The standard InChI is InChI=1S/C27H34N8O/c1-3-35(4-2)14-8-11-21-25(24-16-22(32-33-24)19-12-13-19)26(28)31-27(30-21)29-17-20-15-23(34-36-20)18-9-6-5-7-10-18/h5-7,9-10,15-16,19H,3-4,8,11-14,17H2,1-2H3,(H,32,33)(H3,28,29,30,31). The first kappa shape index (κ1) is 24.0. The molecule has 0 atom stereocenters. The summed E-state index contributed by atoms with van der Waals surface area (Å²) in [5.74, 6) is 2.19. The molecule has 0 unspecified atom stereocenters. The van der Waals surface area contributed by atoms with Gasteiger partial charge < -0.3 is 20.5 Å². The molecule has 1 saturated carbocycles. The van der Waals surface area contributed by atoms with E-state index < -0.39 is 0 Å². The molecule has 1 aliphatic rings. The molecule has 188 valence electrons. The van der Waals surface area contributed by atoms with Crippen molar-refractivity contribution in [1.29, 1.82) is 0 Å². The van der Waals surface area contributed by atoms with Crippen LogP contribution < -0.4 is 11.1 Å². The summed E-state index contributed by atoms with van der Waals surface area (Å²) in [4.78, 5) is 11.9. The van der Waals surface area contributed by atoms with Crippen molar-refractivity contribution in [2.45, 2.75) is 52.0 Å². The van der Waals surface area contributed by atoms with E-state index in [4.69, 9.17) is 15.2 Å². The van der Waals surface area contributed by atoms with Gasteiger partial charge in [-0.05, 0) is 51.4 Å². The SMILES string of the molecule is CCN(CC)CCCc1nc(NCc2cc(-c3ccccc3)no2)nc(N)c1-c1cc(C2CC2)[nH]n1. The van der Waals surface area contributed by atoms with E-state index in [-0.39, 0.29) is 0 Å². The maximum absolute atomic E-state index is 6.50. The monoisotopic (exact) mass is 486 g/mol. The topological polar surface area (TPSA) is 122 Å². The number of nitrogens with one attached hydrogen (secondary N) is 2. The number of H-pyrrole nitrogens is 1. The molecule has 0 amide bonds. The fraction of sp³-hybridized carbons (Fsp3) is 0.407. The number of hydrogen-bond donors (Lipinski definition) is 3. The van der Waals surface area contributed by atoms with Crippen molar-refractivity contribution in [2.24, 2.45) is 0 Å². The molecule has 0 radical (unpaired) electrons. The van der Waals surface area contributed by atoms with Crippen LogP contribution in [0.4, 0.5) is 11.8 Å². The molecule has 4 N–H and O–H groups in total. The second kappa shape index (κ2) is 10.9. The number of aryl methyl sites for hydroxylation is 1. The predicted molar refractivity (Wildman–Crippen MR) is 141 cm³/mol. The lowest BCUT2D eigenvalue weighted by molar-refractivity contribution is 0.299. The summed E-state index contributed by atoms with van der Waals surface area (Å²) in [6.45, 7) is 7.87. The molecular weight excluding hydrogens is 452 g/mol. The smallest absolute Gasteiger partial charge is 0.225 e. The van der Waals surface area contributed by atoms with Crippen molar-refractivity contribution >= 4 is 11.8 Å². The number of anilines is 2. The van der Waals surface area contributed by atoms with Crippen molar-refractivity contribution in [3.63, 3.8) is 0 Å². The van der Waals surface area contributed by atoms with Gasteiger partial charge in [0.1, 0.15) is 11.5 Å². The number of hydrogen-bond acceptors (Lipinski definition) is 8. The van der Waals surface area contributed by atoms with Gasteiger partial charge in [-0.2, -0.15) is 10.1 Å². The summed E-state index contributed by atoms with van der Waals surface area (Å²) >= 11 is 0. The minimum atomic E-state index is 0.408. The number of nitrogen functional groups attached to an aromatic ring is 1. The molecule has 5 rings (SSSR count). The van der Waals surface area contributed by atoms with Gasteiger partial charge in [0, 0.05) is 23.2 Å². The Balaban J connectivity index is 1.35. The molecule has 36 heavy (non-hydrogen) atoms. The Bertz CT molecular complexity index is 1270. The molecule has 1 aromatic carbocycles. The molecule has 0 spiro atoms. The highest BCUT2D eigenvalue weighted by Gasteiger charge is 2.27. The molecule has 1 fully saturated rings. The molecule has 4 aromatic rings.